The van der Waals surface area contributed by atoms with E-state index in [2.05, 4.69) is 20.9 Å². The maximum Gasteiger partial charge on any atom is 0.328 e. The molecule has 0 bridgehead atoms. The monoisotopic (exact) mass is 286 g/mol. The van der Waals surface area contributed by atoms with Crippen molar-refractivity contribution in [3.63, 3.8) is 0 Å². The van der Waals surface area contributed by atoms with Crippen molar-refractivity contribution in [2.45, 2.75) is 13.5 Å². The number of benzene rings is 1. The fourth-order valence-electron chi connectivity index (χ4n) is 1.55. The molecule has 2 aromatic rings. The molecular formula is C10H8BrFN2O2. The lowest BCUT2D eigenvalue weighted by molar-refractivity contribution is 0.621. The third-order valence-corrected chi connectivity index (χ3v) is 3.14. The van der Waals surface area contributed by atoms with Crippen LogP contribution in [0.5, 0.6) is 0 Å². The number of aromatic nitrogens is 2. The molecule has 0 aliphatic heterocycles. The second kappa shape index (κ2) is 3.86. The quantitative estimate of drug-likeness (QED) is 0.866. The molecule has 0 fully saturated rings. The van der Waals surface area contributed by atoms with Gasteiger partial charge in [-0.3, -0.25) is 9.36 Å². The number of halogens is 2. The molecule has 0 amide bonds. The van der Waals surface area contributed by atoms with Crippen molar-refractivity contribution in [1.82, 2.24) is 9.55 Å². The van der Waals surface area contributed by atoms with Gasteiger partial charge in [-0.15, -0.1) is 0 Å². The minimum atomic E-state index is -0.536. The van der Waals surface area contributed by atoms with Crippen LogP contribution in [0.15, 0.2) is 26.2 Å². The van der Waals surface area contributed by atoms with Crippen molar-refractivity contribution in [1.29, 1.82) is 0 Å². The number of nitrogens with zero attached hydrogens (tertiary/aromatic N) is 1. The van der Waals surface area contributed by atoms with Gasteiger partial charge in [0.25, 0.3) is 5.56 Å². The molecular weight excluding hydrogens is 279 g/mol. The zero-order chi connectivity index (χ0) is 11.9. The largest absolute Gasteiger partial charge is 0.328 e. The summed E-state index contributed by atoms with van der Waals surface area (Å²) in [5.41, 5.74) is -0.757. The first kappa shape index (κ1) is 11.1. The van der Waals surface area contributed by atoms with E-state index in [4.69, 9.17) is 0 Å². The van der Waals surface area contributed by atoms with Gasteiger partial charge in [0, 0.05) is 6.54 Å². The molecule has 2 rings (SSSR count). The van der Waals surface area contributed by atoms with Crippen LogP contribution in [0.25, 0.3) is 10.9 Å². The standard InChI is InChI=1S/C10H8BrFN2O2/c1-2-14-9(15)5-3-4-6(12)7(11)8(5)13-10(14)16/h3-4H,2H2,1H3,(H,13,16). The molecule has 0 radical (unpaired) electrons. The summed E-state index contributed by atoms with van der Waals surface area (Å²) < 4.78 is 14.4. The average Bonchev–Trinajstić information content (AvgIpc) is 2.25. The Kier molecular flexibility index (Phi) is 2.67. The Morgan fingerprint density at radius 1 is 1.44 bits per heavy atom. The van der Waals surface area contributed by atoms with Crippen molar-refractivity contribution in [3.8, 4) is 0 Å². The highest BCUT2D eigenvalue weighted by atomic mass is 79.9. The van der Waals surface area contributed by atoms with E-state index in [1.807, 2.05) is 0 Å². The molecule has 0 saturated carbocycles. The molecule has 1 aromatic heterocycles. The average molecular weight is 287 g/mol. The third-order valence-electron chi connectivity index (χ3n) is 2.36. The first-order valence-corrected chi connectivity index (χ1v) is 5.46. The molecule has 0 saturated heterocycles. The fourth-order valence-corrected chi connectivity index (χ4v) is 2.00. The second-order valence-electron chi connectivity index (χ2n) is 3.26. The lowest BCUT2D eigenvalue weighted by Crippen LogP contribution is -2.34. The summed E-state index contributed by atoms with van der Waals surface area (Å²) in [6.45, 7) is 1.97. The summed E-state index contributed by atoms with van der Waals surface area (Å²) in [6, 6.07) is 2.55. The highest BCUT2D eigenvalue weighted by Gasteiger charge is 2.11. The molecule has 84 valence electrons. The molecule has 0 aliphatic rings. The Hall–Kier alpha value is -1.43. The highest BCUT2D eigenvalue weighted by Crippen LogP contribution is 2.22. The van der Waals surface area contributed by atoms with Gasteiger partial charge < -0.3 is 4.98 Å². The van der Waals surface area contributed by atoms with Gasteiger partial charge in [0.15, 0.2) is 0 Å². The molecule has 1 N–H and O–H groups in total. The predicted octanol–water partition coefficient (Wildman–Crippen LogP) is 1.61. The number of nitrogens with one attached hydrogen (secondary N) is 1. The number of H-pyrrole nitrogens is 1. The molecule has 6 heteroatoms. The van der Waals surface area contributed by atoms with Crippen LogP contribution in [0.4, 0.5) is 4.39 Å². The summed E-state index contributed by atoms with van der Waals surface area (Å²) in [5, 5.41) is 0.287. The van der Waals surface area contributed by atoms with Crippen molar-refractivity contribution < 1.29 is 4.39 Å². The molecule has 1 aromatic carbocycles. The minimum Gasteiger partial charge on any atom is -0.305 e. The van der Waals surface area contributed by atoms with Gasteiger partial charge in [-0.05, 0) is 35.0 Å². The molecule has 1 heterocycles. The maximum atomic E-state index is 13.2. The molecule has 0 atom stereocenters. The van der Waals surface area contributed by atoms with Crippen LogP contribution in [-0.4, -0.2) is 9.55 Å². The van der Waals surface area contributed by atoms with E-state index in [1.165, 1.54) is 12.1 Å². The van der Waals surface area contributed by atoms with E-state index in [0.29, 0.717) is 0 Å². The van der Waals surface area contributed by atoms with Crippen molar-refractivity contribution in [2.24, 2.45) is 0 Å². The Morgan fingerprint density at radius 2 is 2.12 bits per heavy atom. The van der Waals surface area contributed by atoms with Crippen molar-refractivity contribution >= 4 is 26.8 Å². The van der Waals surface area contributed by atoms with Gasteiger partial charge >= 0.3 is 5.69 Å². The van der Waals surface area contributed by atoms with Crippen LogP contribution in [0.1, 0.15) is 6.92 Å². The van der Waals surface area contributed by atoms with Gasteiger partial charge in [0.2, 0.25) is 0 Å². The topological polar surface area (TPSA) is 54.9 Å². The van der Waals surface area contributed by atoms with E-state index in [-0.39, 0.29) is 21.9 Å². The fraction of sp³-hybridized carbons (Fsp3) is 0.200. The summed E-state index contributed by atoms with van der Waals surface area (Å²) in [5.74, 6) is -0.517. The number of aromatic amines is 1. The Labute approximate surface area is 97.8 Å². The van der Waals surface area contributed by atoms with Crippen LogP contribution in [0.3, 0.4) is 0 Å². The molecule has 0 spiro atoms. The van der Waals surface area contributed by atoms with Gasteiger partial charge in [0.05, 0.1) is 15.4 Å². The van der Waals surface area contributed by atoms with E-state index < -0.39 is 17.1 Å². The molecule has 0 unspecified atom stereocenters. The number of rotatable bonds is 1. The number of hydrogen-bond acceptors (Lipinski definition) is 2. The second-order valence-corrected chi connectivity index (χ2v) is 4.06. The summed E-state index contributed by atoms with van der Waals surface area (Å²) in [6.07, 6.45) is 0. The van der Waals surface area contributed by atoms with Crippen LogP contribution in [-0.2, 0) is 6.54 Å². The first-order chi connectivity index (χ1) is 7.56. The summed E-state index contributed by atoms with van der Waals surface area (Å²) in [7, 11) is 0. The van der Waals surface area contributed by atoms with Crippen LogP contribution in [0.2, 0.25) is 0 Å². The van der Waals surface area contributed by atoms with E-state index >= 15 is 0 Å². The number of fused-ring (bicyclic) bond motifs is 1. The summed E-state index contributed by atoms with van der Waals surface area (Å²) >= 11 is 3.00. The maximum absolute atomic E-state index is 13.2. The lowest BCUT2D eigenvalue weighted by Gasteiger charge is -2.05. The van der Waals surface area contributed by atoms with Gasteiger partial charge in [-0.25, -0.2) is 9.18 Å². The highest BCUT2D eigenvalue weighted by molar-refractivity contribution is 9.10. The smallest absolute Gasteiger partial charge is 0.305 e. The van der Waals surface area contributed by atoms with E-state index in [1.54, 1.807) is 6.92 Å². The molecule has 16 heavy (non-hydrogen) atoms. The zero-order valence-corrected chi connectivity index (χ0v) is 9.97. The predicted molar refractivity (Wildman–Crippen MR) is 62.2 cm³/mol. The first-order valence-electron chi connectivity index (χ1n) is 4.67. The van der Waals surface area contributed by atoms with Crippen molar-refractivity contribution in [2.75, 3.05) is 0 Å². The number of hydrogen-bond donors (Lipinski definition) is 1. The normalized spacial score (nSPS) is 10.9. The Bertz CT molecular complexity index is 675. The SMILES string of the molecule is CCn1c(=O)[nH]c2c(Br)c(F)ccc2c1=O. The molecule has 0 aliphatic carbocycles. The lowest BCUT2D eigenvalue weighted by atomic mass is 10.2. The Balaban J connectivity index is 3.05. The molecule has 4 nitrogen and oxygen atoms in total. The van der Waals surface area contributed by atoms with E-state index in [0.717, 1.165) is 4.57 Å². The van der Waals surface area contributed by atoms with Crippen LogP contribution < -0.4 is 11.2 Å². The van der Waals surface area contributed by atoms with Crippen LogP contribution in [0, 0.1) is 5.82 Å². The van der Waals surface area contributed by atoms with Crippen molar-refractivity contribution in [3.05, 3.63) is 43.3 Å². The zero-order valence-electron chi connectivity index (χ0n) is 8.38. The third kappa shape index (κ3) is 1.49. The minimum absolute atomic E-state index is 0.0995. The van der Waals surface area contributed by atoms with Gasteiger partial charge in [-0.1, -0.05) is 0 Å². The van der Waals surface area contributed by atoms with Gasteiger partial charge in [-0.2, -0.15) is 0 Å². The van der Waals surface area contributed by atoms with Crippen LogP contribution >= 0.6 is 15.9 Å². The van der Waals surface area contributed by atoms with Gasteiger partial charge in [0.1, 0.15) is 5.82 Å². The Morgan fingerprint density at radius 3 is 2.75 bits per heavy atom. The summed E-state index contributed by atoms with van der Waals surface area (Å²) in [4.78, 5) is 25.8. The van der Waals surface area contributed by atoms with E-state index in [9.17, 15) is 14.0 Å².